The van der Waals surface area contributed by atoms with Crippen molar-refractivity contribution in [1.82, 2.24) is 5.32 Å². The molecular formula is C16H20BrNO4. The molecule has 0 fully saturated rings. The van der Waals surface area contributed by atoms with Crippen molar-refractivity contribution in [2.45, 2.75) is 26.8 Å². The summed E-state index contributed by atoms with van der Waals surface area (Å²) in [4.78, 5) is 22.9. The predicted molar refractivity (Wildman–Crippen MR) is 88.7 cm³/mol. The fourth-order valence-electron chi connectivity index (χ4n) is 1.82. The Kier molecular flexibility index (Phi) is 7.11. The number of aliphatic carboxylic acids is 1. The van der Waals surface area contributed by atoms with Gasteiger partial charge in [0.1, 0.15) is 11.8 Å². The van der Waals surface area contributed by atoms with Gasteiger partial charge >= 0.3 is 5.97 Å². The first-order valence-electron chi connectivity index (χ1n) is 6.98. The van der Waals surface area contributed by atoms with E-state index in [1.54, 1.807) is 26.0 Å². The molecule has 120 valence electrons. The van der Waals surface area contributed by atoms with Crippen LogP contribution in [0.2, 0.25) is 0 Å². The van der Waals surface area contributed by atoms with E-state index in [1.165, 1.54) is 6.08 Å². The molecule has 22 heavy (non-hydrogen) atoms. The number of carbonyl (C=O) groups excluding carboxylic acids is 1. The average Bonchev–Trinajstić information content (AvgIpc) is 2.44. The van der Waals surface area contributed by atoms with E-state index in [9.17, 15) is 9.59 Å². The molecule has 5 nitrogen and oxygen atoms in total. The largest absolute Gasteiger partial charge is 0.493 e. The lowest BCUT2D eigenvalue weighted by molar-refractivity contribution is -0.142. The van der Waals surface area contributed by atoms with E-state index < -0.39 is 17.9 Å². The number of hydrogen-bond donors (Lipinski definition) is 2. The van der Waals surface area contributed by atoms with E-state index >= 15 is 0 Å². The molecule has 0 heterocycles. The van der Waals surface area contributed by atoms with Gasteiger partial charge in [0.2, 0.25) is 5.91 Å². The first kappa shape index (κ1) is 18.2. The van der Waals surface area contributed by atoms with Crippen LogP contribution in [-0.4, -0.2) is 29.6 Å². The molecule has 2 N–H and O–H groups in total. The molecule has 6 heteroatoms. The highest BCUT2D eigenvalue weighted by molar-refractivity contribution is 9.10. The molecule has 0 saturated heterocycles. The van der Waals surface area contributed by atoms with Gasteiger partial charge in [0.15, 0.2) is 0 Å². The standard InChI is InChI=1S/C16H20BrNO4/c1-4-22-13-7-6-12(17)9-11(13)5-8-14(19)18-15(10(2)3)16(20)21/h5-10,15H,4H2,1-3H3,(H,18,19)(H,20,21)/b8-5+/t15-/m0/s1. The second kappa shape index (κ2) is 8.58. The van der Waals surface area contributed by atoms with E-state index in [1.807, 2.05) is 19.1 Å². The van der Waals surface area contributed by atoms with Gasteiger partial charge in [-0.15, -0.1) is 0 Å². The Bertz CT molecular complexity index is 569. The van der Waals surface area contributed by atoms with E-state index in [2.05, 4.69) is 21.2 Å². The summed E-state index contributed by atoms with van der Waals surface area (Å²) in [5.41, 5.74) is 0.739. The molecule has 0 spiro atoms. The Morgan fingerprint density at radius 2 is 2.09 bits per heavy atom. The lowest BCUT2D eigenvalue weighted by Crippen LogP contribution is -2.43. The summed E-state index contributed by atoms with van der Waals surface area (Å²) in [5.74, 6) is -1.04. The Balaban J connectivity index is 2.85. The van der Waals surface area contributed by atoms with Gasteiger partial charge in [-0.2, -0.15) is 0 Å². The summed E-state index contributed by atoms with van der Waals surface area (Å²) in [6.07, 6.45) is 2.91. The third kappa shape index (κ3) is 5.52. The molecule has 0 bridgehead atoms. The van der Waals surface area contributed by atoms with Gasteiger partial charge in [0, 0.05) is 16.1 Å². The van der Waals surface area contributed by atoms with Crippen LogP contribution < -0.4 is 10.1 Å². The molecule has 1 atom stereocenters. The van der Waals surface area contributed by atoms with Crippen LogP contribution in [0.25, 0.3) is 6.08 Å². The van der Waals surface area contributed by atoms with Gasteiger partial charge in [0.05, 0.1) is 6.61 Å². The number of rotatable bonds is 7. The molecule has 0 aliphatic rings. The number of carboxylic acids is 1. The molecule has 1 rings (SSSR count). The van der Waals surface area contributed by atoms with E-state index in [0.29, 0.717) is 12.4 Å². The Morgan fingerprint density at radius 3 is 2.64 bits per heavy atom. The third-order valence-corrected chi connectivity index (χ3v) is 3.41. The number of nitrogens with one attached hydrogen (secondary N) is 1. The molecule has 0 radical (unpaired) electrons. The molecule has 0 unspecified atom stereocenters. The second-order valence-electron chi connectivity index (χ2n) is 5.02. The molecule has 1 amide bonds. The lowest BCUT2D eigenvalue weighted by atomic mass is 10.0. The SMILES string of the molecule is CCOc1ccc(Br)cc1/C=C/C(=O)N[C@H](C(=O)O)C(C)C. The zero-order chi connectivity index (χ0) is 16.7. The van der Waals surface area contributed by atoms with E-state index in [0.717, 1.165) is 10.0 Å². The smallest absolute Gasteiger partial charge is 0.326 e. The minimum absolute atomic E-state index is 0.195. The molecule has 1 aromatic rings. The van der Waals surface area contributed by atoms with Crippen molar-refractivity contribution in [3.05, 3.63) is 34.3 Å². The van der Waals surface area contributed by atoms with Crippen molar-refractivity contribution >= 4 is 33.9 Å². The van der Waals surface area contributed by atoms with Crippen LogP contribution in [-0.2, 0) is 9.59 Å². The number of benzene rings is 1. The minimum Gasteiger partial charge on any atom is -0.493 e. The van der Waals surface area contributed by atoms with Gasteiger partial charge < -0.3 is 15.2 Å². The zero-order valence-corrected chi connectivity index (χ0v) is 14.4. The Morgan fingerprint density at radius 1 is 1.41 bits per heavy atom. The summed E-state index contributed by atoms with van der Waals surface area (Å²) >= 11 is 3.37. The maximum Gasteiger partial charge on any atom is 0.326 e. The van der Waals surface area contributed by atoms with Gasteiger partial charge in [-0.25, -0.2) is 4.79 Å². The van der Waals surface area contributed by atoms with E-state index in [-0.39, 0.29) is 5.92 Å². The van der Waals surface area contributed by atoms with Crippen molar-refractivity contribution in [3.63, 3.8) is 0 Å². The van der Waals surface area contributed by atoms with Crippen molar-refractivity contribution in [3.8, 4) is 5.75 Å². The topological polar surface area (TPSA) is 75.6 Å². The average molecular weight is 370 g/mol. The summed E-state index contributed by atoms with van der Waals surface area (Å²) in [6, 6.07) is 4.57. The highest BCUT2D eigenvalue weighted by atomic mass is 79.9. The number of amides is 1. The van der Waals surface area contributed by atoms with Crippen LogP contribution in [0.3, 0.4) is 0 Å². The van der Waals surface area contributed by atoms with Crippen molar-refractivity contribution in [2.75, 3.05) is 6.61 Å². The monoisotopic (exact) mass is 369 g/mol. The second-order valence-corrected chi connectivity index (χ2v) is 5.93. The molecule has 0 aliphatic carbocycles. The fourth-order valence-corrected chi connectivity index (χ4v) is 2.20. The molecular weight excluding hydrogens is 350 g/mol. The van der Waals surface area contributed by atoms with Gasteiger partial charge in [-0.1, -0.05) is 29.8 Å². The van der Waals surface area contributed by atoms with Gasteiger partial charge in [0.25, 0.3) is 0 Å². The van der Waals surface area contributed by atoms with Crippen LogP contribution in [0.1, 0.15) is 26.3 Å². The predicted octanol–water partition coefficient (Wildman–Crippen LogP) is 3.09. The molecule has 0 aromatic heterocycles. The Hall–Kier alpha value is -1.82. The highest BCUT2D eigenvalue weighted by Gasteiger charge is 2.22. The molecule has 0 aliphatic heterocycles. The van der Waals surface area contributed by atoms with Crippen molar-refractivity contribution in [1.29, 1.82) is 0 Å². The highest BCUT2D eigenvalue weighted by Crippen LogP contribution is 2.24. The number of ether oxygens (including phenoxy) is 1. The normalized spacial score (nSPS) is 12.4. The van der Waals surface area contributed by atoms with Crippen LogP contribution in [0, 0.1) is 5.92 Å². The number of hydrogen-bond acceptors (Lipinski definition) is 3. The molecule has 1 aromatic carbocycles. The minimum atomic E-state index is -1.05. The van der Waals surface area contributed by atoms with Crippen LogP contribution in [0.5, 0.6) is 5.75 Å². The first-order chi connectivity index (χ1) is 10.3. The van der Waals surface area contributed by atoms with Crippen LogP contribution in [0.4, 0.5) is 0 Å². The Labute approximate surface area is 138 Å². The summed E-state index contributed by atoms with van der Waals surface area (Å²) in [7, 11) is 0. The third-order valence-electron chi connectivity index (χ3n) is 2.92. The summed E-state index contributed by atoms with van der Waals surface area (Å²) in [5, 5.41) is 11.5. The van der Waals surface area contributed by atoms with Crippen molar-refractivity contribution < 1.29 is 19.4 Å². The number of carboxylic acid groups (broad SMARTS) is 1. The van der Waals surface area contributed by atoms with Gasteiger partial charge in [-0.05, 0) is 37.1 Å². The fraction of sp³-hybridized carbons (Fsp3) is 0.375. The maximum atomic E-state index is 11.9. The maximum absolute atomic E-state index is 11.9. The first-order valence-corrected chi connectivity index (χ1v) is 7.78. The van der Waals surface area contributed by atoms with Crippen molar-refractivity contribution in [2.24, 2.45) is 5.92 Å². The summed E-state index contributed by atoms with van der Waals surface area (Å²) < 4.78 is 6.35. The van der Waals surface area contributed by atoms with Crippen LogP contribution >= 0.6 is 15.9 Å². The lowest BCUT2D eigenvalue weighted by Gasteiger charge is -2.16. The van der Waals surface area contributed by atoms with E-state index in [4.69, 9.17) is 9.84 Å². The van der Waals surface area contributed by atoms with Crippen LogP contribution in [0.15, 0.2) is 28.7 Å². The zero-order valence-electron chi connectivity index (χ0n) is 12.8. The number of carbonyl (C=O) groups is 2. The quantitative estimate of drug-likeness (QED) is 0.724. The van der Waals surface area contributed by atoms with Gasteiger partial charge in [-0.3, -0.25) is 4.79 Å². The summed E-state index contributed by atoms with van der Waals surface area (Å²) in [6.45, 7) is 5.88. The molecule has 0 saturated carbocycles. The number of halogens is 1.